The first-order valence-corrected chi connectivity index (χ1v) is 10.0. The first kappa shape index (κ1) is 21.2. The third-order valence-electron chi connectivity index (χ3n) is 5.01. The molecule has 1 aliphatic rings. The Bertz CT molecular complexity index is 980. The highest BCUT2D eigenvalue weighted by Crippen LogP contribution is 2.31. The molecule has 1 aliphatic heterocycles. The first-order chi connectivity index (χ1) is 14.3. The normalized spacial score (nSPS) is 13.6. The lowest BCUT2D eigenvalue weighted by Gasteiger charge is -2.30. The van der Waals surface area contributed by atoms with Gasteiger partial charge in [-0.3, -0.25) is 19.7 Å². The van der Waals surface area contributed by atoms with E-state index in [0.717, 1.165) is 17.7 Å². The van der Waals surface area contributed by atoms with Gasteiger partial charge in [-0.05, 0) is 66.3 Å². The number of amides is 2. The second kappa shape index (κ2) is 9.35. The van der Waals surface area contributed by atoms with E-state index in [0.29, 0.717) is 36.6 Å². The van der Waals surface area contributed by atoms with E-state index in [1.807, 2.05) is 17.0 Å². The van der Waals surface area contributed by atoms with Gasteiger partial charge >= 0.3 is 0 Å². The minimum atomic E-state index is -0.464. The van der Waals surface area contributed by atoms with Crippen LogP contribution in [0.1, 0.15) is 37.8 Å². The van der Waals surface area contributed by atoms with Crippen molar-refractivity contribution in [2.45, 2.75) is 33.1 Å². The molecule has 0 saturated carbocycles. The van der Waals surface area contributed by atoms with E-state index in [4.69, 9.17) is 0 Å². The van der Waals surface area contributed by atoms with E-state index in [-0.39, 0.29) is 17.5 Å². The van der Waals surface area contributed by atoms with Crippen molar-refractivity contribution in [3.63, 3.8) is 0 Å². The Labute approximate surface area is 175 Å². The van der Waals surface area contributed by atoms with Crippen molar-refractivity contribution in [3.05, 3.63) is 69.8 Å². The van der Waals surface area contributed by atoms with Crippen molar-refractivity contribution < 1.29 is 14.5 Å². The molecule has 7 nitrogen and oxygen atoms in total. The molecule has 0 aromatic heterocycles. The van der Waals surface area contributed by atoms with Crippen molar-refractivity contribution >= 4 is 35.0 Å². The third kappa shape index (κ3) is 5.31. The fourth-order valence-corrected chi connectivity index (χ4v) is 3.33. The maximum absolute atomic E-state index is 12.3. The van der Waals surface area contributed by atoms with Crippen LogP contribution < -0.4 is 10.2 Å². The van der Waals surface area contributed by atoms with Crippen molar-refractivity contribution in [2.75, 3.05) is 16.8 Å². The van der Waals surface area contributed by atoms with Crippen LogP contribution in [0.25, 0.3) is 6.08 Å². The van der Waals surface area contributed by atoms with Gasteiger partial charge in [0, 0.05) is 42.5 Å². The molecule has 156 valence electrons. The molecular formula is C23H25N3O4. The molecule has 3 rings (SSSR count). The number of nitro benzene ring substituents is 1. The van der Waals surface area contributed by atoms with Gasteiger partial charge in [-0.1, -0.05) is 13.8 Å². The lowest BCUT2D eigenvalue weighted by molar-refractivity contribution is -0.384. The van der Waals surface area contributed by atoms with Crippen LogP contribution in [-0.2, 0) is 16.0 Å². The minimum Gasteiger partial charge on any atom is -0.323 e. The summed E-state index contributed by atoms with van der Waals surface area (Å²) in [5, 5.41) is 13.5. The molecule has 0 saturated heterocycles. The summed E-state index contributed by atoms with van der Waals surface area (Å²) in [6.07, 6.45) is 5.07. The van der Waals surface area contributed by atoms with Gasteiger partial charge in [0.2, 0.25) is 11.8 Å². The SMILES string of the molecule is CC(C)CCN1C(=O)CCc2cc(NC(=O)/C=C/c3ccc([N+](=O)[O-])cc3)ccc21. The highest BCUT2D eigenvalue weighted by molar-refractivity contribution is 6.02. The number of carbonyl (C=O) groups excluding carboxylic acids is 2. The monoisotopic (exact) mass is 407 g/mol. The van der Waals surface area contributed by atoms with E-state index in [9.17, 15) is 19.7 Å². The predicted octanol–water partition coefficient (Wildman–Crippen LogP) is 4.57. The van der Waals surface area contributed by atoms with Gasteiger partial charge in [0.05, 0.1) is 4.92 Å². The van der Waals surface area contributed by atoms with Crippen molar-refractivity contribution in [2.24, 2.45) is 5.92 Å². The van der Waals surface area contributed by atoms with E-state index in [2.05, 4.69) is 19.2 Å². The summed E-state index contributed by atoms with van der Waals surface area (Å²) in [6, 6.07) is 11.6. The zero-order valence-corrected chi connectivity index (χ0v) is 17.1. The summed E-state index contributed by atoms with van der Waals surface area (Å²) in [4.78, 5) is 36.6. The Hall–Kier alpha value is -3.48. The first-order valence-electron chi connectivity index (χ1n) is 10.0. The number of rotatable bonds is 7. The smallest absolute Gasteiger partial charge is 0.269 e. The lowest BCUT2D eigenvalue weighted by atomic mass is 9.99. The Morgan fingerprint density at radius 2 is 1.93 bits per heavy atom. The molecule has 7 heteroatoms. The molecule has 0 aliphatic carbocycles. The molecule has 0 atom stereocenters. The number of nitrogens with one attached hydrogen (secondary N) is 1. The second-order valence-corrected chi connectivity index (χ2v) is 7.74. The average Bonchev–Trinajstić information content (AvgIpc) is 2.71. The Kier molecular flexibility index (Phi) is 6.61. The van der Waals surface area contributed by atoms with E-state index >= 15 is 0 Å². The summed E-state index contributed by atoms with van der Waals surface area (Å²) in [5.41, 5.74) is 3.35. The zero-order chi connectivity index (χ0) is 21.7. The highest BCUT2D eigenvalue weighted by Gasteiger charge is 2.24. The number of non-ortho nitro benzene ring substituents is 1. The summed E-state index contributed by atoms with van der Waals surface area (Å²) in [6.45, 7) is 4.98. The quantitative estimate of drug-likeness (QED) is 0.413. The lowest BCUT2D eigenvalue weighted by Crippen LogP contribution is -2.36. The van der Waals surface area contributed by atoms with Gasteiger partial charge < -0.3 is 10.2 Å². The third-order valence-corrected chi connectivity index (χ3v) is 5.01. The van der Waals surface area contributed by atoms with Gasteiger partial charge in [-0.15, -0.1) is 0 Å². The zero-order valence-electron chi connectivity index (χ0n) is 17.1. The van der Waals surface area contributed by atoms with Gasteiger partial charge in [0.15, 0.2) is 0 Å². The molecule has 0 unspecified atom stereocenters. The molecular weight excluding hydrogens is 382 g/mol. The summed E-state index contributed by atoms with van der Waals surface area (Å²) < 4.78 is 0. The summed E-state index contributed by atoms with van der Waals surface area (Å²) >= 11 is 0. The molecule has 1 N–H and O–H groups in total. The van der Waals surface area contributed by atoms with Crippen molar-refractivity contribution in [1.82, 2.24) is 0 Å². The average molecular weight is 407 g/mol. The number of anilines is 2. The van der Waals surface area contributed by atoms with Crippen LogP contribution in [0, 0.1) is 16.0 Å². The predicted molar refractivity (Wildman–Crippen MR) is 117 cm³/mol. The number of carbonyl (C=O) groups is 2. The van der Waals surface area contributed by atoms with Crippen LogP contribution in [-0.4, -0.2) is 23.3 Å². The van der Waals surface area contributed by atoms with Crippen molar-refractivity contribution in [3.8, 4) is 0 Å². The van der Waals surface area contributed by atoms with Crippen LogP contribution in [0.4, 0.5) is 17.1 Å². The van der Waals surface area contributed by atoms with Crippen LogP contribution in [0.3, 0.4) is 0 Å². The largest absolute Gasteiger partial charge is 0.323 e. The molecule has 0 radical (unpaired) electrons. The van der Waals surface area contributed by atoms with E-state index in [1.54, 1.807) is 24.3 Å². The highest BCUT2D eigenvalue weighted by atomic mass is 16.6. The van der Waals surface area contributed by atoms with Gasteiger partial charge in [0.1, 0.15) is 0 Å². The Balaban J connectivity index is 1.66. The van der Waals surface area contributed by atoms with Crippen molar-refractivity contribution in [1.29, 1.82) is 0 Å². The standard InChI is InChI=1S/C23H25N3O4/c1-16(2)13-14-25-21-10-7-19(15-18(21)6-12-23(25)28)24-22(27)11-5-17-3-8-20(9-4-17)26(29)30/h3-5,7-11,15-16H,6,12-14H2,1-2H3,(H,24,27)/b11-5+. The number of fused-ring (bicyclic) bond motifs is 1. The molecule has 2 aromatic rings. The molecule has 0 spiro atoms. The van der Waals surface area contributed by atoms with E-state index < -0.39 is 4.92 Å². The second-order valence-electron chi connectivity index (χ2n) is 7.74. The Morgan fingerprint density at radius 1 is 1.20 bits per heavy atom. The molecule has 2 aromatic carbocycles. The van der Waals surface area contributed by atoms with Crippen LogP contribution >= 0.6 is 0 Å². The van der Waals surface area contributed by atoms with Crippen LogP contribution in [0.2, 0.25) is 0 Å². The fraction of sp³-hybridized carbons (Fsp3) is 0.304. The molecule has 30 heavy (non-hydrogen) atoms. The van der Waals surface area contributed by atoms with E-state index in [1.165, 1.54) is 18.2 Å². The minimum absolute atomic E-state index is 0.00609. The fourth-order valence-electron chi connectivity index (χ4n) is 3.33. The summed E-state index contributed by atoms with van der Waals surface area (Å²) in [7, 11) is 0. The molecule has 0 bridgehead atoms. The topological polar surface area (TPSA) is 92.6 Å². The molecule has 0 fully saturated rings. The maximum Gasteiger partial charge on any atom is 0.269 e. The Morgan fingerprint density at radius 3 is 2.60 bits per heavy atom. The van der Waals surface area contributed by atoms with Gasteiger partial charge in [-0.25, -0.2) is 0 Å². The number of hydrogen-bond donors (Lipinski definition) is 1. The number of nitro groups is 1. The van der Waals surface area contributed by atoms with Gasteiger partial charge in [0.25, 0.3) is 5.69 Å². The molecule has 2 amide bonds. The maximum atomic E-state index is 12.3. The summed E-state index contributed by atoms with van der Waals surface area (Å²) in [5.74, 6) is 0.368. The van der Waals surface area contributed by atoms with Crippen LogP contribution in [0.15, 0.2) is 48.5 Å². The molecule has 1 heterocycles. The number of nitrogens with zero attached hydrogens (tertiary/aromatic N) is 2. The number of aryl methyl sites for hydroxylation is 1. The number of hydrogen-bond acceptors (Lipinski definition) is 4. The van der Waals surface area contributed by atoms with Crippen LogP contribution in [0.5, 0.6) is 0 Å². The van der Waals surface area contributed by atoms with Gasteiger partial charge in [-0.2, -0.15) is 0 Å². The number of benzene rings is 2.